The van der Waals surface area contributed by atoms with Crippen molar-refractivity contribution in [2.24, 2.45) is 0 Å². The first-order chi connectivity index (χ1) is 11.9. The Morgan fingerprint density at radius 3 is 1.92 bits per heavy atom. The van der Waals surface area contributed by atoms with Gasteiger partial charge in [0, 0.05) is 19.6 Å². The molecule has 0 fully saturated rings. The van der Waals surface area contributed by atoms with Gasteiger partial charge in [-0.05, 0) is 37.5 Å². The highest BCUT2D eigenvalue weighted by Crippen LogP contribution is 2.38. The van der Waals surface area contributed by atoms with Crippen LogP contribution in [0.25, 0.3) is 0 Å². The summed E-state index contributed by atoms with van der Waals surface area (Å²) in [5.41, 5.74) is 0.730. The zero-order valence-corrected chi connectivity index (χ0v) is 16.6. The second-order valence-corrected chi connectivity index (χ2v) is 7.24. The van der Waals surface area contributed by atoms with Crippen LogP contribution in [0.2, 0.25) is 0 Å². The quantitative estimate of drug-likeness (QED) is 0.608. The Labute approximate surface area is 151 Å². The first-order valence-corrected chi connectivity index (χ1v) is 9.99. The van der Waals surface area contributed by atoms with Gasteiger partial charge in [-0.1, -0.05) is 13.8 Å². The maximum absolute atomic E-state index is 12.5. The molecule has 0 amide bonds. The SMILES string of the molecule is CCCN(CCC)S(=O)(=O)NCc1cc(OC)c(OCC)c(OC)c1. The van der Waals surface area contributed by atoms with E-state index in [1.165, 1.54) is 18.5 Å². The molecule has 0 spiro atoms. The molecular weight excluding hydrogens is 344 g/mol. The van der Waals surface area contributed by atoms with Crippen molar-refractivity contribution < 1.29 is 22.6 Å². The highest BCUT2D eigenvalue weighted by atomic mass is 32.2. The number of hydrogen-bond acceptors (Lipinski definition) is 5. The Kier molecular flexibility index (Phi) is 9.02. The maximum atomic E-state index is 12.5. The highest BCUT2D eigenvalue weighted by molar-refractivity contribution is 7.87. The Bertz CT molecular complexity index is 603. The zero-order chi connectivity index (χ0) is 18.9. The van der Waals surface area contributed by atoms with Gasteiger partial charge in [0.1, 0.15) is 0 Å². The van der Waals surface area contributed by atoms with Crippen LogP contribution in [-0.2, 0) is 16.8 Å². The fraction of sp³-hybridized carbons (Fsp3) is 0.647. The van der Waals surface area contributed by atoms with Gasteiger partial charge in [-0.25, -0.2) is 0 Å². The van der Waals surface area contributed by atoms with Gasteiger partial charge in [-0.2, -0.15) is 17.4 Å². The fourth-order valence-electron chi connectivity index (χ4n) is 2.44. The summed E-state index contributed by atoms with van der Waals surface area (Å²) >= 11 is 0. The van der Waals surface area contributed by atoms with Crippen molar-refractivity contribution in [1.29, 1.82) is 0 Å². The summed E-state index contributed by atoms with van der Waals surface area (Å²) in [7, 11) is -0.460. The monoisotopic (exact) mass is 374 g/mol. The molecule has 1 rings (SSSR count). The van der Waals surface area contributed by atoms with Crippen molar-refractivity contribution in [3.05, 3.63) is 17.7 Å². The normalized spacial score (nSPS) is 11.6. The molecule has 8 heteroatoms. The summed E-state index contributed by atoms with van der Waals surface area (Å²) in [4.78, 5) is 0. The molecule has 0 aliphatic carbocycles. The van der Waals surface area contributed by atoms with E-state index < -0.39 is 10.2 Å². The van der Waals surface area contributed by atoms with Gasteiger partial charge in [0.15, 0.2) is 11.5 Å². The van der Waals surface area contributed by atoms with Crippen molar-refractivity contribution in [3.63, 3.8) is 0 Å². The van der Waals surface area contributed by atoms with Gasteiger partial charge in [0.25, 0.3) is 10.2 Å². The number of hydrogen-bond donors (Lipinski definition) is 1. The molecule has 0 unspecified atom stereocenters. The van der Waals surface area contributed by atoms with E-state index in [-0.39, 0.29) is 6.54 Å². The third kappa shape index (κ3) is 6.05. The van der Waals surface area contributed by atoms with Gasteiger partial charge in [0.2, 0.25) is 5.75 Å². The molecular formula is C17H30N2O5S. The summed E-state index contributed by atoms with van der Waals surface area (Å²) in [6.07, 6.45) is 1.54. The molecule has 0 atom stereocenters. The third-order valence-electron chi connectivity index (χ3n) is 3.55. The van der Waals surface area contributed by atoms with Gasteiger partial charge < -0.3 is 14.2 Å². The number of benzene rings is 1. The number of methoxy groups -OCH3 is 2. The molecule has 1 aromatic carbocycles. The van der Waals surface area contributed by atoms with Crippen LogP contribution in [0.3, 0.4) is 0 Å². The number of rotatable bonds is 12. The average Bonchev–Trinajstić information content (AvgIpc) is 2.60. The van der Waals surface area contributed by atoms with E-state index in [1.807, 2.05) is 20.8 Å². The van der Waals surface area contributed by atoms with Crippen molar-refractivity contribution in [2.45, 2.75) is 40.2 Å². The van der Waals surface area contributed by atoms with E-state index >= 15 is 0 Å². The van der Waals surface area contributed by atoms with Gasteiger partial charge in [-0.15, -0.1) is 0 Å². The van der Waals surface area contributed by atoms with E-state index in [1.54, 1.807) is 12.1 Å². The van der Waals surface area contributed by atoms with Crippen molar-refractivity contribution >= 4 is 10.2 Å². The van der Waals surface area contributed by atoms with E-state index in [4.69, 9.17) is 14.2 Å². The second-order valence-electron chi connectivity index (χ2n) is 5.49. The lowest BCUT2D eigenvalue weighted by Gasteiger charge is -2.21. The molecule has 144 valence electrons. The fourth-order valence-corrected chi connectivity index (χ4v) is 3.82. The van der Waals surface area contributed by atoms with Gasteiger partial charge in [-0.3, -0.25) is 0 Å². The number of nitrogens with zero attached hydrogens (tertiary/aromatic N) is 1. The first kappa shape index (κ1) is 21.5. The molecule has 0 bridgehead atoms. The Morgan fingerprint density at radius 2 is 1.52 bits per heavy atom. The van der Waals surface area contributed by atoms with Crippen LogP contribution in [0, 0.1) is 0 Å². The summed E-state index contributed by atoms with van der Waals surface area (Å²) in [6.45, 7) is 7.41. The summed E-state index contributed by atoms with van der Waals surface area (Å²) in [5, 5.41) is 0. The second kappa shape index (κ2) is 10.5. The van der Waals surface area contributed by atoms with Crippen LogP contribution in [-0.4, -0.2) is 46.6 Å². The van der Waals surface area contributed by atoms with Crippen molar-refractivity contribution in [1.82, 2.24) is 9.03 Å². The summed E-state index contributed by atoms with van der Waals surface area (Å²) in [6, 6.07) is 3.50. The Hall–Kier alpha value is -1.51. The molecule has 7 nitrogen and oxygen atoms in total. The molecule has 0 aliphatic heterocycles. The molecule has 1 N–H and O–H groups in total. The van der Waals surface area contributed by atoms with Crippen LogP contribution in [0.5, 0.6) is 17.2 Å². The molecule has 0 saturated carbocycles. The maximum Gasteiger partial charge on any atom is 0.279 e. The number of ether oxygens (including phenoxy) is 3. The minimum Gasteiger partial charge on any atom is -0.493 e. The lowest BCUT2D eigenvalue weighted by atomic mass is 10.2. The molecule has 0 radical (unpaired) electrons. The lowest BCUT2D eigenvalue weighted by molar-refractivity contribution is 0.288. The van der Waals surface area contributed by atoms with E-state index in [0.29, 0.717) is 36.9 Å². The predicted octanol–water partition coefficient (Wildman–Crippen LogP) is 2.56. The van der Waals surface area contributed by atoms with Crippen LogP contribution >= 0.6 is 0 Å². The van der Waals surface area contributed by atoms with Crippen LogP contribution in [0.4, 0.5) is 0 Å². The molecule has 0 saturated heterocycles. The summed E-state index contributed by atoms with van der Waals surface area (Å²) in [5.74, 6) is 1.53. The van der Waals surface area contributed by atoms with E-state index in [9.17, 15) is 8.42 Å². The van der Waals surface area contributed by atoms with Crippen molar-refractivity contribution in [3.8, 4) is 17.2 Å². The van der Waals surface area contributed by atoms with Crippen LogP contribution < -0.4 is 18.9 Å². The summed E-state index contributed by atoms with van der Waals surface area (Å²) < 4.78 is 45.3. The topological polar surface area (TPSA) is 77.1 Å². The Balaban J connectivity index is 2.99. The first-order valence-electron chi connectivity index (χ1n) is 8.55. The van der Waals surface area contributed by atoms with Gasteiger partial charge >= 0.3 is 0 Å². The highest BCUT2D eigenvalue weighted by Gasteiger charge is 2.21. The molecule has 0 aromatic heterocycles. The van der Waals surface area contributed by atoms with Gasteiger partial charge in [0.05, 0.1) is 20.8 Å². The number of nitrogens with one attached hydrogen (secondary N) is 1. The van der Waals surface area contributed by atoms with E-state index in [2.05, 4.69) is 4.72 Å². The molecule has 0 heterocycles. The minimum absolute atomic E-state index is 0.144. The predicted molar refractivity (Wildman–Crippen MR) is 98.6 cm³/mol. The smallest absolute Gasteiger partial charge is 0.279 e. The zero-order valence-electron chi connectivity index (χ0n) is 15.8. The average molecular weight is 375 g/mol. The lowest BCUT2D eigenvalue weighted by Crippen LogP contribution is -2.41. The standard InChI is InChI=1S/C17H30N2O5S/c1-6-9-19(10-7-2)25(20,21)18-13-14-11-15(22-4)17(24-8-3)16(12-14)23-5/h11-12,18H,6-10,13H2,1-5H3. The van der Waals surface area contributed by atoms with E-state index in [0.717, 1.165) is 18.4 Å². The third-order valence-corrected chi connectivity index (χ3v) is 5.11. The minimum atomic E-state index is -3.53. The largest absolute Gasteiger partial charge is 0.493 e. The van der Waals surface area contributed by atoms with Crippen LogP contribution in [0.15, 0.2) is 12.1 Å². The molecule has 1 aromatic rings. The van der Waals surface area contributed by atoms with Crippen LogP contribution in [0.1, 0.15) is 39.2 Å². The Morgan fingerprint density at radius 1 is 1.00 bits per heavy atom. The van der Waals surface area contributed by atoms with Crippen molar-refractivity contribution in [2.75, 3.05) is 33.9 Å². The molecule has 0 aliphatic rings. The molecule has 25 heavy (non-hydrogen) atoms.